The standard InChI is InChI=1S/C20H22N2O3/c1-25-17-10-6-5-9-16(17)22-19(24)20(12-13-20)18(23)21-14-11-15-7-3-2-4-8-15/h2-10H,11-14H2,1H3,(H,21,23)(H,22,24). The summed E-state index contributed by atoms with van der Waals surface area (Å²) in [6.07, 6.45) is 1.90. The summed E-state index contributed by atoms with van der Waals surface area (Å²) in [7, 11) is 1.55. The predicted octanol–water partition coefficient (Wildman–Crippen LogP) is 2.77. The smallest absolute Gasteiger partial charge is 0.240 e. The van der Waals surface area contributed by atoms with E-state index in [0.717, 1.165) is 12.0 Å². The monoisotopic (exact) mass is 338 g/mol. The maximum Gasteiger partial charge on any atom is 0.240 e. The van der Waals surface area contributed by atoms with Gasteiger partial charge in [-0.25, -0.2) is 0 Å². The van der Waals surface area contributed by atoms with E-state index in [2.05, 4.69) is 10.6 Å². The lowest BCUT2D eigenvalue weighted by atomic mass is 10.0. The van der Waals surface area contributed by atoms with Crippen LogP contribution >= 0.6 is 0 Å². The highest BCUT2D eigenvalue weighted by molar-refractivity contribution is 6.13. The van der Waals surface area contributed by atoms with E-state index in [9.17, 15) is 9.59 Å². The topological polar surface area (TPSA) is 67.4 Å². The number of hydrogen-bond acceptors (Lipinski definition) is 3. The molecule has 25 heavy (non-hydrogen) atoms. The molecule has 0 aliphatic heterocycles. The third-order valence-corrected chi connectivity index (χ3v) is 4.52. The Balaban J connectivity index is 1.57. The Morgan fingerprint density at radius 2 is 1.68 bits per heavy atom. The quantitative estimate of drug-likeness (QED) is 0.763. The molecule has 130 valence electrons. The van der Waals surface area contributed by atoms with E-state index < -0.39 is 5.41 Å². The van der Waals surface area contributed by atoms with Crippen LogP contribution in [-0.2, 0) is 16.0 Å². The highest BCUT2D eigenvalue weighted by Gasteiger charge is 2.56. The maximum atomic E-state index is 12.6. The highest BCUT2D eigenvalue weighted by atomic mass is 16.5. The van der Waals surface area contributed by atoms with Crippen LogP contribution in [0.25, 0.3) is 0 Å². The first-order valence-electron chi connectivity index (χ1n) is 8.42. The van der Waals surface area contributed by atoms with Crippen LogP contribution in [0.4, 0.5) is 5.69 Å². The number of anilines is 1. The van der Waals surface area contributed by atoms with E-state index in [4.69, 9.17) is 4.74 Å². The molecule has 0 bridgehead atoms. The van der Waals surface area contributed by atoms with Gasteiger partial charge in [-0.3, -0.25) is 9.59 Å². The van der Waals surface area contributed by atoms with Crippen LogP contribution in [0.15, 0.2) is 54.6 Å². The third kappa shape index (κ3) is 3.82. The van der Waals surface area contributed by atoms with Gasteiger partial charge in [0.25, 0.3) is 0 Å². The number of carbonyl (C=O) groups excluding carboxylic acids is 2. The second-order valence-electron chi connectivity index (χ2n) is 6.23. The molecule has 5 nitrogen and oxygen atoms in total. The largest absolute Gasteiger partial charge is 0.495 e. The van der Waals surface area contributed by atoms with E-state index in [-0.39, 0.29) is 11.8 Å². The fraction of sp³-hybridized carbons (Fsp3) is 0.300. The Morgan fingerprint density at radius 1 is 1.00 bits per heavy atom. The zero-order valence-electron chi connectivity index (χ0n) is 14.2. The van der Waals surface area contributed by atoms with E-state index in [1.807, 2.05) is 42.5 Å². The fourth-order valence-corrected chi connectivity index (χ4v) is 2.81. The van der Waals surface area contributed by atoms with Gasteiger partial charge in [-0.2, -0.15) is 0 Å². The zero-order valence-corrected chi connectivity index (χ0v) is 14.2. The molecule has 2 aromatic carbocycles. The van der Waals surface area contributed by atoms with Crippen molar-refractivity contribution in [1.82, 2.24) is 5.32 Å². The lowest BCUT2D eigenvalue weighted by Gasteiger charge is -2.16. The summed E-state index contributed by atoms with van der Waals surface area (Å²) in [6.45, 7) is 0.520. The molecule has 0 spiro atoms. The van der Waals surface area contributed by atoms with Gasteiger partial charge in [0, 0.05) is 6.54 Å². The zero-order chi connectivity index (χ0) is 17.7. The van der Waals surface area contributed by atoms with Gasteiger partial charge in [-0.15, -0.1) is 0 Å². The highest BCUT2D eigenvalue weighted by Crippen LogP contribution is 2.47. The molecule has 1 fully saturated rings. The number of benzene rings is 2. The minimum absolute atomic E-state index is 0.198. The number of carbonyl (C=O) groups is 2. The minimum atomic E-state index is -0.947. The first kappa shape index (κ1) is 17.0. The average molecular weight is 338 g/mol. The number of amides is 2. The first-order valence-corrected chi connectivity index (χ1v) is 8.42. The summed E-state index contributed by atoms with van der Waals surface area (Å²) in [5.74, 6) is 0.112. The van der Waals surface area contributed by atoms with Crippen molar-refractivity contribution >= 4 is 17.5 Å². The molecule has 0 saturated heterocycles. The molecule has 1 aliphatic carbocycles. The molecular formula is C20H22N2O3. The molecule has 0 unspecified atom stereocenters. The van der Waals surface area contributed by atoms with Gasteiger partial charge >= 0.3 is 0 Å². The van der Waals surface area contributed by atoms with Crippen LogP contribution in [0.1, 0.15) is 18.4 Å². The van der Waals surface area contributed by atoms with Crippen LogP contribution in [0, 0.1) is 5.41 Å². The molecule has 0 heterocycles. The van der Waals surface area contributed by atoms with Crippen LogP contribution in [-0.4, -0.2) is 25.5 Å². The van der Waals surface area contributed by atoms with Crippen LogP contribution in [0.3, 0.4) is 0 Å². The van der Waals surface area contributed by atoms with Gasteiger partial charge in [0.05, 0.1) is 12.8 Å². The molecule has 5 heteroatoms. The molecule has 2 aromatic rings. The fourth-order valence-electron chi connectivity index (χ4n) is 2.81. The number of hydrogen-bond donors (Lipinski definition) is 2. The van der Waals surface area contributed by atoms with Crippen molar-refractivity contribution < 1.29 is 14.3 Å². The second kappa shape index (κ2) is 7.38. The summed E-state index contributed by atoms with van der Waals surface area (Å²) >= 11 is 0. The van der Waals surface area contributed by atoms with E-state index in [1.165, 1.54) is 0 Å². The Kier molecular flexibility index (Phi) is 5.03. The number of para-hydroxylation sites is 2. The van der Waals surface area contributed by atoms with Crippen molar-refractivity contribution in [2.75, 3.05) is 19.0 Å². The third-order valence-electron chi connectivity index (χ3n) is 4.52. The van der Waals surface area contributed by atoms with Gasteiger partial charge in [0.1, 0.15) is 11.2 Å². The maximum absolute atomic E-state index is 12.6. The van der Waals surface area contributed by atoms with Crippen molar-refractivity contribution in [2.24, 2.45) is 5.41 Å². The van der Waals surface area contributed by atoms with Crippen LogP contribution in [0.2, 0.25) is 0 Å². The summed E-state index contributed by atoms with van der Waals surface area (Å²) in [6, 6.07) is 17.1. The SMILES string of the molecule is COc1ccccc1NC(=O)C1(C(=O)NCCc2ccccc2)CC1. The lowest BCUT2D eigenvalue weighted by molar-refractivity contribution is -0.134. The number of rotatable bonds is 7. The first-order chi connectivity index (χ1) is 12.2. The second-order valence-corrected chi connectivity index (χ2v) is 6.23. The summed E-state index contributed by atoms with van der Waals surface area (Å²) in [5.41, 5.74) is 0.793. The number of methoxy groups -OCH3 is 1. The Labute approximate surface area is 147 Å². The van der Waals surface area contributed by atoms with Crippen molar-refractivity contribution in [2.45, 2.75) is 19.3 Å². The van der Waals surface area contributed by atoms with E-state index in [1.54, 1.807) is 19.2 Å². The Bertz CT molecular complexity index is 755. The molecule has 2 amide bonds. The minimum Gasteiger partial charge on any atom is -0.495 e. The van der Waals surface area contributed by atoms with Gasteiger partial charge < -0.3 is 15.4 Å². The van der Waals surface area contributed by atoms with Crippen molar-refractivity contribution in [3.8, 4) is 5.75 Å². The van der Waals surface area contributed by atoms with E-state index >= 15 is 0 Å². The van der Waals surface area contributed by atoms with Gasteiger partial charge in [-0.1, -0.05) is 42.5 Å². The van der Waals surface area contributed by atoms with Crippen molar-refractivity contribution in [3.05, 3.63) is 60.2 Å². The number of ether oxygens (including phenoxy) is 1. The molecule has 0 aromatic heterocycles. The van der Waals surface area contributed by atoms with Gasteiger partial charge in [0.2, 0.25) is 11.8 Å². The summed E-state index contributed by atoms with van der Waals surface area (Å²) in [5, 5.41) is 5.73. The lowest BCUT2D eigenvalue weighted by Crippen LogP contribution is -2.40. The van der Waals surface area contributed by atoms with Gasteiger partial charge in [-0.05, 0) is 37.0 Å². The summed E-state index contributed by atoms with van der Waals surface area (Å²) in [4.78, 5) is 25.1. The molecular weight excluding hydrogens is 316 g/mol. The molecule has 2 N–H and O–H groups in total. The number of nitrogens with one attached hydrogen (secondary N) is 2. The Hall–Kier alpha value is -2.82. The van der Waals surface area contributed by atoms with Gasteiger partial charge in [0.15, 0.2) is 0 Å². The molecule has 0 atom stereocenters. The Morgan fingerprint density at radius 3 is 2.36 bits per heavy atom. The summed E-state index contributed by atoms with van der Waals surface area (Å²) < 4.78 is 5.24. The van der Waals surface area contributed by atoms with Crippen molar-refractivity contribution in [3.63, 3.8) is 0 Å². The molecule has 0 radical (unpaired) electrons. The molecule has 1 aliphatic rings. The normalized spacial score (nSPS) is 14.4. The van der Waals surface area contributed by atoms with Crippen molar-refractivity contribution in [1.29, 1.82) is 0 Å². The van der Waals surface area contributed by atoms with E-state index in [0.29, 0.717) is 30.8 Å². The predicted molar refractivity (Wildman–Crippen MR) is 96.4 cm³/mol. The molecule has 3 rings (SSSR count). The van der Waals surface area contributed by atoms with Crippen LogP contribution < -0.4 is 15.4 Å². The molecule has 1 saturated carbocycles. The van der Waals surface area contributed by atoms with Crippen LogP contribution in [0.5, 0.6) is 5.75 Å². The average Bonchev–Trinajstić information content (AvgIpc) is 3.45.